The van der Waals surface area contributed by atoms with Gasteiger partial charge in [-0.3, -0.25) is 4.79 Å². The number of phenolic OH excluding ortho intramolecular Hbond substituents is 1. The van der Waals surface area contributed by atoms with Crippen molar-refractivity contribution < 1.29 is 9.90 Å². The van der Waals surface area contributed by atoms with Crippen LogP contribution >= 0.6 is 0 Å². The lowest BCUT2D eigenvalue weighted by molar-refractivity contribution is -0.121. The van der Waals surface area contributed by atoms with Gasteiger partial charge in [0.1, 0.15) is 5.75 Å². The Labute approximate surface area is 173 Å². The summed E-state index contributed by atoms with van der Waals surface area (Å²) in [4.78, 5) is 11.9. The van der Waals surface area contributed by atoms with Gasteiger partial charge >= 0.3 is 0 Å². The summed E-state index contributed by atoms with van der Waals surface area (Å²) in [6.07, 6.45) is 19.9. The first-order chi connectivity index (χ1) is 13.7. The number of unbranched alkanes of at least 4 members (excludes halogenated alkanes) is 12. The van der Waals surface area contributed by atoms with E-state index in [1.54, 1.807) is 12.1 Å². The summed E-state index contributed by atoms with van der Waals surface area (Å²) in [6.45, 7) is 3.01. The fraction of sp³-hybridized carbons (Fsp3) is 0.720. The number of amides is 1. The van der Waals surface area contributed by atoms with Crippen molar-refractivity contribution in [3.05, 3.63) is 29.8 Å². The molecular formula is C25H43NO2. The van der Waals surface area contributed by atoms with Crippen molar-refractivity contribution in [1.82, 2.24) is 5.32 Å². The van der Waals surface area contributed by atoms with Gasteiger partial charge in [-0.15, -0.1) is 0 Å². The summed E-state index contributed by atoms with van der Waals surface area (Å²) in [7, 11) is 0. The lowest BCUT2D eigenvalue weighted by atomic mass is 10.0. The van der Waals surface area contributed by atoms with Gasteiger partial charge in [-0.2, -0.15) is 0 Å². The average molecular weight is 390 g/mol. The highest BCUT2D eigenvalue weighted by Crippen LogP contribution is 2.13. The van der Waals surface area contributed by atoms with Gasteiger partial charge in [-0.05, 0) is 37.0 Å². The summed E-state index contributed by atoms with van der Waals surface area (Å²) >= 11 is 0. The summed E-state index contributed by atoms with van der Waals surface area (Å²) < 4.78 is 0. The molecule has 0 aliphatic carbocycles. The molecule has 28 heavy (non-hydrogen) atoms. The minimum Gasteiger partial charge on any atom is -0.508 e. The third kappa shape index (κ3) is 14.5. The number of benzene rings is 1. The van der Waals surface area contributed by atoms with Crippen LogP contribution in [0.25, 0.3) is 0 Å². The molecule has 0 atom stereocenters. The zero-order valence-electron chi connectivity index (χ0n) is 18.2. The molecule has 3 nitrogen and oxygen atoms in total. The van der Waals surface area contributed by atoms with Crippen LogP contribution in [0.1, 0.15) is 109 Å². The third-order valence-electron chi connectivity index (χ3n) is 5.41. The van der Waals surface area contributed by atoms with E-state index in [1.165, 1.54) is 82.6 Å². The van der Waals surface area contributed by atoms with Crippen molar-refractivity contribution in [2.75, 3.05) is 6.54 Å². The van der Waals surface area contributed by atoms with Crippen LogP contribution in [0.3, 0.4) is 0 Å². The van der Waals surface area contributed by atoms with E-state index < -0.39 is 0 Å². The Morgan fingerprint density at radius 3 is 1.79 bits per heavy atom. The Morgan fingerprint density at radius 2 is 1.25 bits per heavy atom. The maximum atomic E-state index is 11.9. The van der Waals surface area contributed by atoms with Crippen LogP contribution < -0.4 is 5.32 Å². The molecule has 160 valence electrons. The number of rotatable bonds is 18. The van der Waals surface area contributed by atoms with Crippen LogP contribution in [0.2, 0.25) is 0 Å². The molecule has 0 aliphatic rings. The minimum absolute atomic E-state index is 0.189. The van der Waals surface area contributed by atoms with Crippen LogP contribution in [0, 0.1) is 0 Å². The molecule has 0 unspecified atom stereocenters. The second-order valence-electron chi connectivity index (χ2n) is 8.11. The molecule has 0 spiro atoms. The molecule has 0 saturated heterocycles. The number of aromatic hydroxyl groups is 1. The molecule has 3 heteroatoms. The first-order valence-corrected chi connectivity index (χ1v) is 11.8. The topological polar surface area (TPSA) is 49.3 Å². The van der Waals surface area contributed by atoms with Crippen molar-refractivity contribution in [2.45, 2.75) is 110 Å². The highest BCUT2D eigenvalue weighted by atomic mass is 16.3. The molecule has 1 aromatic rings. The molecule has 2 N–H and O–H groups in total. The molecule has 0 heterocycles. The molecule has 0 radical (unpaired) electrons. The lowest BCUT2D eigenvalue weighted by Crippen LogP contribution is -2.24. The van der Waals surface area contributed by atoms with Crippen LogP contribution in [0.15, 0.2) is 24.3 Å². The van der Waals surface area contributed by atoms with Gasteiger partial charge in [0.25, 0.3) is 0 Å². The summed E-state index contributed by atoms with van der Waals surface area (Å²) in [5.41, 5.74) is 1.20. The van der Waals surface area contributed by atoms with E-state index in [2.05, 4.69) is 12.2 Å². The van der Waals surface area contributed by atoms with E-state index in [4.69, 9.17) is 0 Å². The predicted octanol–water partition coefficient (Wildman–Crippen LogP) is 6.92. The highest BCUT2D eigenvalue weighted by Gasteiger charge is 2.01. The van der Waals surface area contributed by atoms with E-state index in [9.17, 15) is 9.90 Å². The average Bonchev–Trinajstić information content (AvgIpc) is 2.70. The minimum atomic E-state index is 0.189. The molecular weight excluding hydrogens is 346 g/mol. The molecule has 1 aromatic carbocycles. The van der Waals surface area contributed by atoms with Crippen LogP contribution in [0.5, 0.6) is 5.75 Å². The lowest BCUT2D eigenvalue weighted by Gasteiger charge is -2.06. The number of phenols is 1. The van der Waals surface area contributed by atoms with Gasteiger partial charge in [-0.25, -0.2) is 0 Å². The summed E-state index contributed by atoms with van der Waals surface area (Å²) in [5, 5.41) is 12.3. The second kappa shape index (κ2) is 17.6. The second-order valence-corrected chi connectivity index (χ2v) is 8.11. The number of hydrogen-bond donors (Lipinski definition) is 2. The predicted molar refractivity (Wildman–Crippen MR) is 120 cm³/mol. The fourth-order valence-electron chi connectivity index (χ4n) is 3.57. The fourth-order valence-corrected chi connectivity index (χ4v) is 3.57. The first kappa shape index (κ1) is 24.5. The van der Waals surface area contributed by atoms with Gasteiger partial charge in [0, 0.05) is 13.0 Å². The highest BCUT2D eigenvalue weighted by molar-refractivity contribution is 5.75. The van der Waals surface area contributed by atoms with Crippen LogP contribution in [-0.2, 0) is 11.2 Å². The number of aryl methyl sites for hydroxylation is 1. The summed E-state index contributed by atoms with van der Waals surface area (Å²) in [5.74, 6) is 0.489. The maximum absolute atomic E-state index is 11.9. The van der Waals surface area contributed by atoms with Gasteiger partial charge in [0.2, 0.25) is 5.91 Å². The molecule has 1 amide bonds. The number of carbonyl (C=O) groups is 1. The monoisotopic (exact) mass is 389 g/mol. The molecule has 0 bridgehead atoms. The largest absolute Gasteiger partial charge is 0.508 e. The zero-order valence-corrected chi connectivity index (χ0v) is 18.2. The van der Waals surface area contributed by atoms with E-state index in [1.807, 2.05) is 12.1 Å². The molecule has 1 rings (SSSR count). The first-order valence-electron chi connectivity index (χ1n) is 11.8. The number of carbonyl (C=O) groups excluding carboxylic acids is 1. The van der Waals surface area contributed by atoms with Crippen molar-refractivity contribution in [1.29, 1.82) is 0 Å². The maximum Gasteiger partial charge on any atom is 0.219 e. The van der Waals surface area contributed by atoms with E-state index >= 15 is 0 Å². The molecule has 0 aliphatic heterocycles. The van der Waals surface area contributed by atoms with Crippen molar-refractivity contribution >= 4 is 5.91 Å². The van der Waals surface area contributed by atoms with Crippen molar-refractivity contribution in [3.63, 3.8) is 0 Å². The Morgan fingerprint density at radius 1 is 0.750 bits per heavy atom. The van der Waals surface area contributed by atoms with Gasteiger partial charge < -0.3 is 10.4 Å². The van der Waals surface area contributed by atoms with Gasteiger partial charge in [0.15, 0.2) is 0 Å². The van der Waals surface area contributed by atoms with Crippen molar-refractivity contribution in [3.8, 4) is 5.75 Å². The zero-order chi connectivity index (χ0) is 20.3. The van der Waals surface area contributed by atoms with E-state index in [-0.39, 0.29) is 5.91 Å². The quantitative estimate of drug-likeness (QED) is 0.268. The summed E-state index contributed by atoms with van der Waals surface area (Å²) in [6, 6.07) is 7.29. The SMILES string of the molecule is CCCCCCCCCCCCCCCC(=O)NCCCc1ccc(O)cc1. The number of nitrogens with one attached hydrogen (secondary N) is 1. The Bertz CT molecular complexity index is 484. The van der Waals surface area contributed by atoms with Crippen molar-refractivity contribution in [2.24, 2.45) is 0 Å². The smallest absolute Gasteiger partial charge is 0.219 e. The van der Waals surface area contributed by atoms with Crippen LogP contribution in [0.4, 0.5) is 0 Å². The third-order valence-corrected chi connectivity index (χ3v) is 5.41. The Balaban J connectivity index is 1.81. The standard InChI is InChI=1S/C25H43NO2/c1-2-3-4-5-6-7-8-9-10-11-12-13-14-17-25(28)26-22-15-16-23-18-20-24(27)21-19-23/h18-21,27H,2-17,22H2,1H3,(H,26,28). The van der Waals surface area contributed by atoms with E-state index in [0.717, 1.165) is 25.8 Å². The number of hydrogen-bond acceptors (Lipinski definition) is 2. The Kier molecular flexibility index (Phi) is 15.4. The molecule has 0 saturated carbocycles. The normalized spacial score (nSPS) is 10.9. The Hall–Kier alpha value is -1.51. The molecule has 0 aromatic heterocycles. The van der Waals surface area contributed by atoms with Gasteiger partial charge in [0.05, 0.1) is 0 Å². The molecule has 0 fully saturated rings. The van der Waals surface area contributed by atoms with E-state index in [0.29, 0.717) is 12.2 Å². The van der Waals surface area contributed by atoms with Gasteiger partial charge in [-0.1, -0.05) is 96.1 Å². The van der Waals surface area contributed by atoms with Crippen LogP contribution in [-0.4, -0.2) is 17.6 Å².